The molecule has 2 saturated heterocycles. The molecule has 1 aromatic rings. The summed E-state index contributed by atoms with van der Waals surface area (Å²) in [6.07, 6.45) is 5.21. The summed E-state index contributed by atoms with van der Waals surface area (Å²) in [4.78, 5) is 42.0. The Balaban J connectivity index is 1.27. The van der Waals surface area contributed by atoms with Crippen molar-refractivity contribution >= 4 is 29.1 Å². The highest BCUT2D eigenvalue weighted by molar-refractivity contribution is 6.05. The van der Waals surface area contributed by atoms with Crippen molar-refractivity contribution in [2.45, 2.75) is 12.8 Å². The van der Waals surface area contributed by atoms with Crippen LogP contribution in [-0.4, -0.2) is 69.2 Å². The van der Waals surface area contributed by atoms with E-state index < -0.39 is 0 Å². The minimum absolute atomic E-state index is 0.104. The monoisotopic (exact) mass is 413 g/mol. The fraction of sp³-hybridized carbons (Fsp3) is 0.500. The van der Waals surface area contributed by atoms with E-state index in [4.69, 9.17) is 4.74 Å². The zero-order chi connectivity index (χ0) is 21.1. The number of quaternary nitrogens is 1. The van der Waals surface area contributed by atoms with Gasteiger partial charge in [-0.1, -0.05) is 12.2 Å². The third-order valence-corrected chi connectivity index (χ3v) is 6.02. The second kappa shape index (κ2) is 8.97. The molecule has 8 heteroatoms. The first kappa shape index (κ1) is 20.6. The topological polar surface area (TPSA) is 83.4 Å². The number of imide groups is 1. The van der Waals surface area contributed by atoms with Crippen molar-refractivity contribution in [3.05, 3.63) is 36.4 Å². The Labute approximate surface area is 176 Å². The average Bonchev–Trinajstić information content (AvgIpc) is 3.00. The molecule has 1 unspecified atom stereocenters. The molecule has 2 aliphatic heterocycles. The summed E-state index contributed by atoms with van der Waals surface area (Å²) in [5.74, 6) is -0.811. The molecule has 2 fully saturated rings. The van der Waals surface area contributed by atoms with E-state index in [1.54, 1.807) is 0 Å². The van der Waals surface area contributed by atoms with Crippen molar-refractivity contribution in [3.8, 4) is 0 Å². The van der Waals surface area contributed by atoms with Crippen LogP contribution in [0.2, 0.25) is 0 Å². The van der Waals surface area contributed by atoms with Gasteiger partial charge < -0.3 is 19.9 Å². The van der Waals surface area contributed by atoms with Gasteiger partial charge in [-0.3, -0.25) is 14.4 Å². The lowest BCUT2D eigenvalue weighted by molar-refractivity contribution is -0.878. The molecule has 1 aromatic carbocycles. The third kappa shape index (κ3) is 4.39. The number of allylic oxidation sites excluding steroid dienone is 2. The zero-order valence-corrected chi connectivity index (χ0v) is 17.3. The summed E-state index contributed by atoms with van der Waals surface area (Å²) < 4.78 is 5.37. The normalized spacial score (nSPS) is 24.7. The fourth-order valence-corrected chi connectivity index (χ4v) is 4.41. The van der Waals surface area contributed by atoms with Crippen LogP contribution >= 0.6 is 0 Å². The minimum atomic E-state index is -0.228. The number of amides is 3. The zero-order valence-electron chi connectivity index (χ0n) is 17.3. The first-order valence-electron chi connectivity index (χ1n) is 10.6. The molecule has 3 atom stereocenters. The van der Waals surface area contributed by atoms with Gasteiger partial charge in [-0.2, -0.15) is 0 Å². The van der Waals surface area contributed by atoms with Gasteiger partial charge in [-0.25, -0.2) is 4.90 Å². The van der Waals surface area contributed by atoms with Crippen molar-refractivity contribution in [3.63, 3.8) is 0 Å². The third-order valence-electron chi connectivity index (χ3n) is 6.02. The summed E-state index contributed by atoms with van der Waals surface area (Å²) in [7, 11) is 1.82. The minimum Gasteiger partial charge on any atom is -0.378 e. The Hall–Kier alpha value is -2.71. The van der Waals surface area contributed by atoms with Crippen LogP contribution in [0.5, 0.6) is 0 Å². The van der Waals surface area contributed by atoms with Crippen LogP contribution in [0.1, 0.15) is 12.8 Å². The molecule has 0 spiro atoms. The SMILES string of the molecule is C[NH+](CC(=O)Nc1ccc(N2CCOCC2)cc1)CN1C(=O)[C@H]2CC=CC[C@H]2C1=O. The van der Waals surface area contributed by atoms with Crippen molar-refractivity contribution < 1.29 is 24.0 Å². The summed E-state index contributed by atoms with van der Waals surface area (Å²) in [6.45, 7) is 3.59. The molecule has 2 N–H and O–H groups in total. The smallest absolute Gasteiger partial charge is 0.279 e. The number of morpholine rings is 1. The van der Waals surface area contributed by atoms with Gasteiger partial charge in [0.25, 0.3) is 5.91 Å². The predicted octanol–water partition coefficient (Wildman–Crippen LogP) is -0.115. The van der Waals surface area contributed by atoms with E-state index in [1.165, 1.54) is 4.90 Å². The molecule has 4 rings (SSSR count). The van der Waals surface area contributed by atoms with Crippen molar-refractivity contribution in [2.75, 3.05) is 56.8 Å². The number of benzene rings is 1. The van der Waals surface area contributed by atoms with Gasteiger partial charge in [0.15, 0.2) is 13.2 Å². The number of hydrogen-bond acceptors (Lipinski definition) is 5. The van der Waals surface area contributed by atoms with Gasteiger partial charge in [0.2, 0.25) is 11.8 Å². The molecular formula is C22H29N4O4+. The van der Waals surface area contributed by atoms with Crippen molar-refractivity contribution in [1.82, 2.24) is 4.90 Å². The van der Waals surface area contributed by atoms with E-state index in [9.17, 15) is 14.4 Å². The number of likely N-dealkylation sites (tertiary alicyclic amines) is 1. The number of hydrogen-bond donors (Lipinski definition) is 2. The van der Waals surface area contributed by atoms with Gasteiger partial charge in [0.05, 0.1) is 32.1 Å². The van der Waals surface area contributed by atoms with Crippen LogP contribution in [0.3, 0.4) is 0 Å². The predicted molar refractivity (Wildman–Crippen MR) is 112 cm³/mol. The Morgan fingerprint density at radius 2 is 1.67 bits per heavy atom. The standard InChI is InChI=1S/C22H28N4O4/c1-24(15-26-21(28)18-4-2-3-5-19(18)22(26)29)14-20(27)23-16-6-8-17(9-7-16)25-10-12-30-13-11-25/h2-3,6-9,18-19H,4-5,10-15H2,1H3,(H,23,27)/p+1/t18-,19+. The van der Waals surface area contributed by atoms with Crippen LogP contribution < -0.4 is 15.1 Å². The lowest BCUT2D eigenvalue weighted by Crippen LogP contribution is -3.11. The van der Waals surface area contributed by atoms with Gasteiger partial charge in [-0.05, 0) is 37.1 Å². The van der Waals surface area contributed by atoms with Gasteiger partial charge in [-0.15, -0.1) is 0 Å². The number of likely N-dealkylation sites (N-methyl/N-ethyl adjacent to an activating group) is 1. The molecule has 0 aromatic heterocycles. The molecule has 160 valence electrons. The molecule has 0 saturated carbocycles. The number of rotatable bonds is 6. The van der Waals surface area contributed by atoms with Crippen LogP contribution in [0.15, 0.2) is 36.4 Å². The molecule has 3 amide bonds. The van der Waals surface area contributed by atoms with E-state index in [0.29, 0.717) is 12.8 Å². The molecule has 2 heterocycles. The molecule has 0 bridgehead atoms. The summed E-state index contributed by atoms with van der Waals surface area (Å²) >= 11 is 0. The van der Waals surface area contributed by atoms with Gasteiger partial charge in [0.1, 0.15) is 0 Å². The second-order valence-electron chi connectivity index (χ2n) is 8.25. The molecule has 0 radical (unpaired) electrons. The Morgan fingerprint density at radius 3 is 2.27 bits per heavy atom. The highest BCUT2D eigenvalue weighted by Crippen LogP contribution is 2.34. The van der Waals surface area contributed by atoms with E-state index in [0.717, 1.165) is 42.6 Å². The first-order chi connectivity index (χ1) is 14.5. The van der Waals surface area contributed by atoms with E-state index in [-0.39, 0.29) is 42.8 Å². The molecule has 1 aliphatic carbocycles. The van der Waals surface area contributed by atoms with Crippen LogP contribution in [0, 0.1) is 11.8 Å². The molecular weight excluding hydrogens is 384 g/mol. The number of carbonyl (C=O) groups is 3. The number of nitrogens with one attached hydrogen (secondary N) is 2. The summed E-state index contributed by atoms with van der Waals surface area (Å²) in [6, 6.07) is 7.77. The lowest BCUT2D eigenvalue weighted by atomic mass is 9.85. The van der Waals surface area contributed by atoms with Crippen LogP contribution in [0.4, 0.5) is 11.4 Å². The number of nitrogens with zero attached hydrogens (tertiary/aromatic N) is 2. The Kier molecular flexibility index (Phi) is 6.15. The summed E-state index contributed by atoms with van der Waals surface area (Å²) in [5, 5.41) is 2.90. The van der Waals surface area contributed by atoms with E-state index in [2.05, 4.69) is 10.2 Å². The molecule has 30 heavy (non-hydrogen) atoms. The molecule has 8 nitrogen and oxygen atoms in total. The van der Waals surface area contributed by atoms with Crippen LogP contribution in [0.25, 0.3) is 0 Å². The van der Waals surface area contributed by atoms with E-state index >= 15 is 0 Å². The van der Waals surface area contributed by atoms with Crippen molar-refractivity contribution in [1.29, 1.82) is 0 Å². The maximum Gasteiger partial charge on any atom is 0.279 e. The summed E-state index contributed by atoms with van der Waals surface area (Å²) in [5.41, 5.74) is 1.84. The number of anilines is 2. The number of ether oxygens (including phenoxy) is 1. The highest BCUT2D eigenvalue weighted by Gasteiger charge is 2.48. The largest absolute Gasteiger partial charge is 0.378 e. The quantitative estimate of drug-likeness (QED) is 0.502. The van der Waals surface area contributed by atoms with Crippen LogP contribution in [-0.2, 0) is 19.1 Å². The number of carbonyl (C=O) groups excluding carboxylic acids is 3. The Morgan fingerprint density at radius 1 is 1.07 bits per heavy atom. The maximum absolute atomic E-state index is 12.6. The highest BCUT2D eigenvalue weighted by atomic mass is 16.5. The van der Waals surface area contributed by atoms with Crippen molar-refractivity contribution in [2.24, 2.45) is 11.8 Å². The maximum atomic E-state index is 12.6. The first-order valence-corrected chi connectivity index (χ1v) is 10.6. The Bertz CT molecular complexity index is 806. The number of fused-ring (bicyclic) bond motifs is 1. The van der Waals surface area contributed by atoms with Gasteiger partial charge >= 0.3 is 0 Å². The van der Waals surface area contributed by atoms with Gasteiger partial charge in [0, 0.05) is 24.5 Å². The second-order valence-corrected chi connectivity index (χ2v) is 8.25. The van der Waals surface area contributed by atoms with E-state index in [1.807, 2.05) is 43.5 Å². The average molecular weight is 413 g/mol. The lowest BCUT2D eigenvalue weighted by Gasteiger charge is -2.28. The fourth-order valence-electron chi connectivity index (χ4n) is 4.41. The molecule has 3 aliphatic rings.